The first-order valence-corrected chi connectivity index (χ1v) is 22.3. The van der Waals surface area contributed by atoms with Gasteiger partial charge in [0.25, 0.3) is 0 Å². The number of esters is 1. The van der Waals surface area contributed by atoms with Crippen molar-refractivity contribution < 1.29 is 29.3 Å². The van der Waals surface area contributed by atoms with Gasteiger partial charge in [-0.05, 0) is 124 Å². The maximum Gasteiger partial charge on any atom is 0.307 e. The van der Waals surface area contributed by atoms with Crippen LogP contribution in [-0.2, 0) is 19.1 Å². The van der Waals surface area contributed by atoms with Crippen molar-refractivity contribution in [3.63, 3.8) is 0 Å². The molecule has 5 saturated carbocycles. The first kappa shape index (κ1) is 44.5. The van der Waals surface area contributed by atoms with Gasteiger partial charge in [0.05, 0.1) is 12.5 Å². The minimum absolute atomic E-state index is 0.121. The summed E-state index contributed by atoms with van der Waals surface area (Å²) in [6.45, 7) is 20.5. The highest BCUT2D eigenvalue weighted by Crippen LogP contribution is 2.73. The van der Waals surface area contributed by atoms with Crippen LogP contribution in [0.2, 0.25) is 0 Å². The molecule has 0 aromatic carbocycles. The standard InChI is InChI=1S/C46H76N2O5.CH4O/c1-30(2)40-34(50)26-46(37(51)28-48(25-24-47(9)10)31-14-12-11-13-15-31)23-18-33-32(41(40)46)16-17-36-44(33,7)21-19-35-43(5,6)38(20-22-45(35,36)8)53-39(52)27-42(3,4)29-49;1-2/h29-33,35-38,51H,11-28H2,1-10H3;2H,1H3/t32?,33?,35?,36?,37-,38?,44?,45?,46?;/m0./s1. The zero-order valence-electron chi connectivity index (χ0n) is 36.8. The predicted molar refractivity (Wildman–Crippen MR) is 220 cm³/mol. The number of aliphatic hydroxyl groups is 2. The van der Waals surface area contributed by atoms with Crippen molar-refractivity contribution in [1.82, 2.24) is 9.80 Å². The van der Waals surface area contributed by atoms with Crippen LogP contribution in [0.1, 0.15) is 152 Å². The van der Waals surface area contributed by atoms with Crippen molar-refractivity contribution in [2.75, 3.05) is 40.8 Å². The Morgan fingerprint density at radius 1 is 0.891 bits per heavy atom. The van der Waals surface area contributed by atoms with Gasteiger partial charge < -0.3 is 24.6 Å². The van der Waals surface area contributed by atoms with Crippen LogP contribution in [0.25, 0.3) is 0 Å². The third-order valence-corrected chi connectivity index (χ3v) is 16.7. The van der Waals surface area contributed by atoms with E-state index in [1.54, 1.807) is 13.8 Å². The lowest BCUT2D eigenvalue weighted by atomic mass is 9.36. The summed E-state index contributed by atoms with van der Waals surface area (Å²) in [5, 5.41) is 19.6. The molecule has 0 bridgehead atoms. The molecule has 2 N–H and O–H groups in total. The van der Waals surface area contributed by atoms with E-state index in [1.807, 2.05) is 0 Å². The van der Waals surface area contributed by atoms with Crippen LogP contribution in [0.4, 0.5) is 0 Å². The third kappa shape index (κ3) is 8.20. The molecular formula is C47H80N2O6. The summed E-state index contributed by atoms with van der Waals surface area (Å²) in [6, 6.07) is 0.525. The summed E-state index contributed by atoms with van der Waals surface area (Å²) < 4.78 is 6.24. The van der Waals surface area contributed by atoms with E-state index in [0.717, 1.165) is 83.4 Å². The summed E-state index contributed by atoms with van der Waals surface area (Å²) >= 11 is 0. The van der Waals surface area contributed by atoms with E-state index in [9.17, 15) is 19.5 Å². The van der Waals surface area contributed by atoms with Gasteiger partial charge in [0.15, 0.2) is 5.78 Å². The molecule has 8 heteroatoms. The normalized spacial score (nSPS) is 36.7. The minimum atomic E-state index is -0.709. The minimum Gasteiger partial charge on any atom is -0.462 e. The zero-order valence-corrected chi connectivity index (χ0v) is 36.8. The van der Waals surface area contributed by atoms with E-state index in [1.165, 1.54) is 37.7 Å². The first-order valence-electron chi connectivity index (χ1n) is 22.3. The number of hydrogen-bond acceptors (Lipinski definition) is 8. The molecule has 8 nitrogen and oxygen atoms in total. The van der Waals surface area contributed by atoms with E-state index in [-0.39, 0.29) is 40.7 Å². The molecule has 0 aromatic heterocycles. The van der Waals surface area contributed by atoms with Crippen LogP contribution in [0.5, 0.6) is 0 Å². The second kappa shape index (κ2) is 16.9. The molecule has 0 aromatic rings. The Morgan fingerprint density at radius 3 is 2.16 bits per heavy atom. The second-order valence-electron chi connectivity index (χ2n) is 21.5. The molecule has 6 aliphatic carbocycles. The molecule has 6 aliphatic rings. The number of allylic oxidation sites excluding steroid dienone is 1. The van der Waals surface area contributed by atoms with Gasteiger partial charge in [0, 0.05) is 55.5 Å². The Kier molecular flexibility index (Phi) is 13.7. The number of rotatable bonds is 12. The van der Waals surface area contributed by atoms with E-state index in [2.05, 4.69) is 65.4 Å². The fraction of sp³-hybridized carbons (Fsp3) is 0.894. The van der Waals surface area contributed by atoms with Crippen LogP contribution in [0, 0.1) is 56.7 Å². The lowest BCUT2D eigenvalue weighted by molar-refractivity contribution is -0.214. The van der Waals surface area contributed by atoms with Crippen molar-refractivity contribution in [3.8, 4) is 0 Å². The monoisotopic (exact) mass is 769 g/mol. The number of ketones is 1. The van der Waals surface area contributed by atoms with Gasteiger partial charge in [-0.2, -0.15) is 0 Å². The van der Waals surface area contributed by atoms with Crippen LogP contribution in [0.15, 0.2) is 11.1 Å². The average Bonchev–Trinajstić information content (AvgIpc) is 3.45. The summed E-state index contributed by atoms with van der Waals surface area (Å²) in [4.78, 5) is 43.7. The fourth-order valence-corrected chi connectivity index (χ4v) is 14.2. The number of carbonyl (C=O) groups excluding carboxylic acids is 3. The summed E-state index contributed by atoms with van der Waals surface area (Å²) in [5.74, 6) is 2.13. The highest BCUT2D eigenvalue weighted by Gasteiger charge is 2.67. The Morgan fingerprint density at radius 2 is 1.55 bits per heavy atom. The van der Waals surface area contributed by atoms with Crippen LogP contribution >= 0.6 is 0 Å². The molecule has 0 saturated heterocycles. The molecule has 55 heavy (non-hydrogen) atoms. The Hall–Kier alpha value is -1.61. The van der Waals surface area contributed by atoms with Gasteiger partial charge in [-0.25, -0.2) is 0 Å². The van der Waals surface area contributed by atoms with Gasteiger partial charge in [-0.1, -0.05) is 80.2 Å². The lowest BCUT2D eigenvalue weighted by Crippen LogP contribution is -2.63. The molecule has 0 aliphatic heterocycles. The quantitative estimate of drug-likeness (QED) is 0.151. The molecule has 0 heterocycles. The number of likely N-dealkylation sites (N-methyl/N-ethyl adjacent to an activating group) is 1. The predicted octanol–water partition coefficient (Wildman–Crippen LogP) is 8.27. The third-order valence-electron chi connectivity index (χ3n) is 16.7. The fourth-order valence-electron chi connectivity index (χ4n) is 14.2. The first-order chi connectivity index (χ1) is 25.8. The number of carbonyl (C=O) groups is 3. The topological polar surface area (TPSA) is 107 Å². The number of Topliss-reactive ketones (excluding diaryl/α,β-unsaturated/α-hetero) is 1. The van der Waals surface area contributed by atoms with Crippen molar-refractivity contribution in [3.05, 3.63) is 11.1 Å². The highest BCUT2D eigenvalue weighted by atomic mass is 16.5. The molecular weight excluding hydrogens is 689 g/mol. The zero-order chi connectivity index (χ0) is 40.7. The summed E-state index contributed by atoms with van der Waals surface area (Å²) in [5.41, 5.74) is 1.47. The molecule has 0 spiro atoms. The number of nitrogens with zero attached hydrogens (tertiary/aromatic N) is 2. The largest absolute Gasteiger partial charge is 0.462 e. The van der Waals surface area contributed by atoms with E-state index in [0.29, 0.717) is 48.5 Å². The number of aliphatic hydroxyl groups excluding tert-OH is 2. The smallest absolute Gasteiger partial charge is 0.307 e. The van der Waals surface area contributed by atoms with Crippen molar-refractivity contribution in [1.29, 1.82) is 0 Å². The van der Waals surface area contributed by atoms with Crippen molar-refractivity contribution >= 4 is 18.0 Å². The molecule has 6 rings (SSSR count). The van der Waals surface area contributed by atoms with Gasteiger partial charge in [0.1, 0.15) is 12.4 Å². The highest BCUT2D eigenvalue weighted by molar-refractivity contribution is 6.00. The van der Waals surface area contributed by atoms with Crippen LogP contribution in [0.3, 0.4) is 0 Å². The number of aldehydes is 1. The number of ether oxygens (including phenoxy) is 1. The Labute approximate surface area is 335 Å². The summed E-state index contributed by atoms with van der Waals surface area (Å²) in [7, 11) is 5.29. The number of hydrogen-bond donors (Lipinski definition) is 2. The average molecular weight is 769 g/mol. The van der Waals surface area contributed by atoms with E-state index >= 15 is 0 Å². The van der Waals surface area contributed by atoms with E-state index < -0.39 is 16.9 Å². The molecule has 9 atom stereocenters. The van der Waals surface area contributed by atoms with Gasteiger partial charge in [-0.3, -0.25) is 14.5 Å². The Balaban J connectivity index is 0.00000285. The van der Waals surface area contributed by atoms with Gasteiger partial charge in [0.2, 0.25) is 0 Å². The molecule has 0 radical (unpaired) electrons. The molecule has 0 amide bonds. The maximum atomic E-state index is 14.2. The Bertz CT molecular complexity index is 1410. The van der Waals surface area contributed by atoms with Crippen molar-refractivity contribution in [2.45, 2.75) is 170 Å². The van der Waals surface area contributed by atoms with Gasteiger partial charge >= 0.3 is 5.97 Å². The van der Waals surface area contributed by atoms with Gasteiger partial charge in [-0.15, -0.1) is 0 Å². The second-order valence-corrected chi connectivity index (χ2v) is 21.5. The van der Waals surface area contributed by atoms with Crippen LogP contribution < -0.4 is 0 Å². The molecule has 314 valence electrons. The van der Waals surface area contributed by atoms with Crippen molar-refractivity contribution in [2.24, 2.45) is 56.7 Å². The lowest BCUT2D eigenvalue weighted by Gasteiger charge is -2.69. The summed E-state index contributed by atoms with van der Waals surface area (Å²) in [6.07, 6.45) is 15.6. The maximum absolute atomic E-state index is 14.2. The number of fused-ring (bicyclic) bond motifs is 7. The van der Waals surface area contributed by atoms with Crippen LogP contribution in [-0.4, -0.2) is 97.1 Å². The van der Waals surface area contributed by atoms with E-state index in [4.69, 9.17) is 9.84 Å². The molecule has 8 unspecified atom stereocenters. The SMILES string of the molecule is CC(C)C1=C2C3CCC4C(C)(CCC5C(C)(C)C(OC(=O)CC(C)(C)C=O)CCC54C)C3CCC2([C@@H](O)CN(CCN(C)C)C2CCCCC2)CC1=O.CO. The molecule has 5 fully saturated rings.